The zero-order valence-corrected chi connectivity index (χ0v) is 38.0. The summed E-state index contributed by atoms with van der Waals surface area (Å²) in [7, 11) is 5.13. The van der Waals surface area contributed by atoms with Gasteiger partial charge in [-0.3, -0.25) is 33.7 Å². The Hall–Kier alpha value is -4.27. The number of esters is 2. The van der Waals surface area contributed by atoms with Crippen LogP contribution in [0.4, 0.5) is 0 Å². The Morgan fingerprint density at radius 3 is 2.50 bits per heavy atom. The normalized spacial score (nSPS) is 21.7. The van der Waals surface area contributed by atoms with E-state index in [4.69, 9.17) is 19.2 Å². The number of likely N-dealkylation sites (tertiary alicyclic amines) is 1. The van der Waals surface area contributed by atoms with Gasteiger partial charge in [0.2, 0.25) is 23.6 Å². The number of thioether (sulfide) groups is 1. The molecule has 3 N–H and O–H groups in total. The minimum Gasteiger partial charge on any atom is -0.458 e. The van der Waals surface area contributed by atoms with E-state index in [9.17, 15) is 38.7 Å². The lowest BCUT2D eigenvalue weighted by Gasteiger charge is -2.31. The van der Waals surface area contributed by atoms with Gasteiger partial charge in [0.1, 0.15) is 12.4 Å². The Bertz CT molecular complexity index is 2350. The molecule has 1 saturated heterocycles. The summed E-state index contributed by atoms with van der Waals surface area (Å²) in [6.45, 7) is 4.95. The Morgan fingerprint density at radius 2 is 1.77 bits per heavy atom. The van der Waals surface area contributed by atoms with Crippen LogP contribution >= 0.6 is 30.2 Å². The number of cyclic esters (lactones) is 1. The van der Waals surface area contributed by atoms with E-state index in [-0.39, 0.29) is 128 Å². The van der Waals surface area contributed by atoms with Gasteiger partial charge in [-0.15, -0.1) is 30.2 Å². The summed E-state index contributed by atoms with van der Waals surface area (Å²) < 4.78 is 18.3. The van der Waals surface area contributed by atoms with Crippen LogP contribution < -0.4 is 20.9 Å². The van der Waals surface area contributed by atoms with E-state index in [1.165, 1.54) is 11.8 Å². The number of fused-ring (bicyclic) bond motifs is 5. The lowest BCUT2D eigenvalue weighted by molar-refractivity contribution is -0.172. The van der Waals surface area contributed by atoms with Gasteiger partial charge < -0.3 is 34.5 Å². The monoisotopic (exact) mass is 909 g/mol. The second kappa shape index (κ2) is 19.6. The molecule has 1 aliphatic carbocycles. The lowest BCUT2D eigenvalue weighted by atomic mass is 9.82. The third-order valence-electron chi connectivity index (χ3n) is 12.2. The number of carbonyl (C=O) groups excluding carboxylic acids is 6. The number of aliphatic hydroxyl groups is 1. The minimum absolute atomic E-state index is 0.0106. The number of pyridine rings is 2. The second-order valence-corrected chi connectivity index (χ2v) is 20.7. The smallest absolute Gasteiger partial charge is 0.343 e. The van der Waals surface area contributed by atoms with Gasteiger partial charge in [-0.1, -0.05) is 13.8 Å². The van der Waals surface area contributed by atoms with Gasteiger partial charge in [-0.05, 0) is 74.3 Å². The van der Waals surface area contributed by atoms with Crippen molar-refractivity contribution in [3.05, 3.63) is 56.9 Å². The van der Waals surface area contributed by atoms with Gasteiger partial charge in [0.05, 0.1) is 53.4 Å². The number of benzene rings is 1. The van der Waals surface area contributed by atoms with E-state index >= 15 is 0 Å². The van der Waals surface area contributed by atoms with Crippen LogP contribution in [0.1, 0.15) is 87.5 Å². The van der Waals surface area contributed by atoms with Gasteiger partial charge in [-0.25, -0.2) is 9.78 Å². The van der Waals surface area contributed by atoms with Gasteiger partial charge >= 0.3 is 11.9 Å². The van der Waals surface area contributed by atoms with Crippen LogP contribution in [0.25, 0.3) is 22.3 Å². The quantitative estimate of drug-likeness (QED) is 0.0457. The molecule has 4 amide bonds. The number of hydrogen-bond donors (Lipinski definition) is 3. The van der Waals surface area contributed by atoms with Crippen LogP contribution in [0.15, 0.2) is 29.1 Å². The molecule has 19 heteroatoms. The van der Waals surface area contributed by atoms with Crippen molar-refractivity contribution in [3.8, 4) is 17.1 Å². The molecule has 0 radical (unpaired) electrons. The number of ether oxygens (including phenoxy) is 3. The van der Waals surface area contributed by atoms with Gasteiger partial charge in [0.25, 0.3) is 5.56 Å². The molecule has 4 aliphatic rings. The number of nitrogens with zero attached hydrogens (tertiary/aromatic N) is 3. The molecule has 332 valence electrons. The SMILES string of the molecule is CCc1c2c(nc3ccc(OC(=O)C4CCC(CNC(=O)CCOCCNC(=O)CCN5C(=O)CC(SC(P)P)C5=O)CC4)cc13)-c1cc3c(c(=O)n1C2)COC(=O)[C@]3(O)CC. The fourth-order valence-corrected chi connectivity index (χ4v) is 10.8. The van der Waals surface area contributed by atoms with E-state index in [0.29, 0.717) is 48.5 Å². The van der Waals surface area contributed by atoms with Crippen LogP contribution in [0, 0.1) is 11.8 Å². The highest BCUT2D eigenvalue weighted by Gasteiger charge is 2.46. The first-order valence-corrected chi connectivity index (χ1v) is 23.5. The van der Waals surface area contributed by atoms with Crippen molar-refractivity contribution >= 4 is 76.7 Å². The maximum absolute atomic E-state index is 13.7. The largest absolute Gasteiger partial charge is 0.458 e. The number of nitrogens with one attached hydrogen (secondary N) is 2. The van der Waals surface area contributed by atoms with Crippen molar-refractivity contribution in [2.75, 3.05) is 32.8 Å². The van der Waals surface area contributed by atoms with Gasteiger partial charge in [0.15, 0.2) is 5.60 Å². The third kappa shape index (κ3) is 9.62. The van der Waals surface area contributed by atoms with Crippen molar-refractivity contribution in [1.29, 1.82) is 0 Å². The molecule has 3 aliphatic heterocycles. The molecule has 1 saturated carbocycles. The molecule has 7 rings (SSSR count). The third-order valence-corrected chi connectivity index (χ3v) is 14.2. The van der Waals surface area contributed by atoms with E-state index in [1.54, 1.807) is 29.7 Å². The van der Waals surface area contributed by atoms with E-state index in [2.05, 4.69) is 29.1 Å². The highest BCUT2D eigenvalue weighted by molar-refractivity contribution is 8.08. The van der Waals surface area contributed by atoms with Crippen molar-refractivity contribution in [3.63, 3.8) is 0 Å². The number of rotatable bonds is 17. The first-order chi connectivity index (χ1) is 29.7. The van der Waals surface area contributed by atoms with Crippen molar-refractivity contribution in [1.82, 2.24) is 25.1 Å². The molecule has 16 nitrogen and oxygen atoms in total. The number of imide groups is 1. The predicted molar refractivity (Wildman–Crippen MR) is 237 cm³/mol. The molecule has 2 aromatic heterocycles. The van der Waals surface area contributed by atoms with Crippen LogP contribution in [0.2, 0.25) is 0 Å². The molecule has 2 fully saturated rings. The zero-order chi connectivity index (χ0) is 44.3. The topological polar surface area (TPSA) is 213 Å². The maximum atomic E-state index is 13.7. The van der Waals surface area contributed by atoms with E-state index < -0.39 is 16.8 Å². The fraction of sp³-hybridized carbons (Fsp3) is 0.535. The summed E-state index contributed by atoms with van der Waals surface area (Å²) in [5.41, 5.74) is 1.96. The molecule has 1 aromatic carbocycles. The standard InChI is InChI=1S/C43H53N5O11P2S/c1-3-26-27-17-25(9-10-31(27)46-37-28(26)21-48-32(37)18-30-29(38(48)52)22-58-41(55)43(30,56)4-2)59-40(54)24-7-5-23(6-8-24)20-45-35(50)12-15-57-16-13-44-34(49)11-14-47-36(51)19-33(39(47)53)62-42(60)61/h9-10,17-18,23-24,33,42,56H,3-8,11-16,19-22,60-61H2,1-2H3,(H,44,49)(H,45,50)/t23?,24?,33?,43-/m0/s1. The second-order valence-electron chi connectivity index (χ2n) is 16.1. The van der Waals surface area contributed by atoms with Gasteiger partial charge in [-0.2, -0.15) is 0 Å². The van der Waals surface area contributed by atoms with Crippen molar-refractivity contribution < 1.29 is 48.1 Å². The fourth-order valence-electron chi connectivity index (χ4n) is 8.77. The zero-order valence-electron chi connectivity index (χ0n) is 34.9. The molecular weight excluding hydrogens is 857 g/mol. The Labute approximate surface area is 367 Å². The summed E-state index contributed by atoms with van der Waals surface area (Å²) in [5, 5.41) is 17.3. The average molecular weight is 910 g/mol. The lowest BCUT2D eigenvalue weighted by Crippen LogP contribution is -2.44. The Morgan fingerprint density at radius 1 is 1.02 bits per heavy atom. The summed E-state index contributed by atoms with van der Waals surface area (Å²) in [4.78, 5) is 95.1. The van der Waals surface area contributed by atoms with Crippen LogP contribution in [0.5, 0.6) is 5.75 Å². The number of amides is 4. The molecule has 0 spiro atoms. The first kappa shape index (κ1) is 45.7. The molecular formula is C43H53N5O11P2S. The summed E-state index contributed by atoms with van der Waals surface area (Å²) in [6.07, 6.45) is 3.81. The number of hydrogen-bond acceptors (Lipinski definition) is 13. The Balaban J connectivity index is 0.826. The molecule has 62 heavy (non-hydrogen) atoms. The summed E-state index contributed by atoms with van der Waals surface area (Å²) >= 11 is 1.39. The Kier molecular flexibility index (Phi) is 14.5. The molecule has 3 aromatic rings. The predicted octanol–water partition coefficient (Wildman–Crippen LogP) is 3.28. The van der Waals surface area contributed by atoms with Crippen LogP contribution in [-0.2, 0) is 63.4 Å². The van der Waals surface area contributed by atoms with Gasteiger partial charge in [0, 0.05) is 60.1 Å². The molecule has 0 bridgehead atoms. The highest BCUT2D eigenvalue weighted by atomic mass is 32.2. The highest BCUT2D eigenvalue weighted by Crippen LogP contribution is 2.41. The van der Waals surface area contributed by atoms with Crippen molar-refractivity contribution in [2.24, 2.45) is 11.8 Å². The molecule has 5 heterocycles. The number of aromatic nitrogens is 2. The summed E-state index contributed by atoms with van der Waals surface area (Å²) in [5.74, 6) is -1.67. The average Bonchev–Trinajstić information content (AvgIpc) is 3.75. The van der Waals surface area contributed by atoms with E-state index in [1.807, 2.05) is 13.0 Å². The first-order valence-electron chi connectivity index (χ1n) is 21.2. The van der Waals surface area contributed by atoms with Crippen molar-refractivity contribution in [2.45, 2.75) is 100 Å². The van der Waals surface area contributed by atoms with Crippen LogP contribution in [0.3, 0.4) is 0 Å². The number of aryl methyl sites for hydroxylation is 1. The van der Waals surface area contributed by atoms with Crippen LogP contribution in [-0.4, -0.2) is 98.0 Å². The minimum atomic E-state index is -1.91. The molecule has 4 atom stereocenters. The molecule has 3 unspecified atom stereocenters. The number of carbonyl (C=O) groups is 6. The summed E-state index contributed by atoms with van der Waals surface area (Å²) in [6, 6.07) is 7.04. The maximum Gasteiger partial charge on any atom is 0.343 e. The van der Waals surface area contributed by atoms with E-state index in [0.717, 1.165) is 34.3 Å².